The van der Waals surface area contributed by atoms with Gasteiger partial charge in [-0.1, -0.05) is 12.8 Å². The van der Waals surface area contributed by atoms with Gasteiger partial charge in [0.25, 0.3) is 0 Å². The van der Waals surface area contributed by atoms with Gasteiger partial charge in [0, 0.05) is 12.1 Å². The van der Waals surface area contributed by atoms with E-state index in [1.807, 2.05) is 6.92 Å². The molecule has 78 valence electrons. The molecule has 1 aliphatic rings. The molecule has 2 N–H and O–H groups in total. The zero-order valence-corrected chi connectivity index (χ0v) is 8.55. The maximum absolute atomic E-state index is 6.11. The molecule has 0 radical (unpaired) electrons. The minimum absolute atomic E-state index is 0.0355. The molecule has 0 bridgehead atoms. The topological polar surface area (TPSA) is 44.5 Å². The molecule has 1 fully saturated rings. The second-order valence-electron chi connectivity index (χ2n) is 3.82. The summed E-state index contributed by atoms with van der Waals surface area (Å²) in [7, 11) is 0. The lowest BCUT2D eigenvalue weighted by atomic mass is 10.0. The maximum Gasteiger partial charge on any atom is 0.0701 e. The molecule has 0 saturated heterocycles. The fraction of sp³-hybridized carbons (Fsp3) is 1.00. The quantitative estimate of drug-likeness (QED) is 0.638. The molecule has 0 aromatic rings. The second kappa shape index (κ2) is 5.58. The lowest BCUT2D eigenvalue weighted by Gasteiger charge is -2.22. The Balaban J connectivity index is 1.98. The van der Waals surface area contributed by atoms with Gasteiger partial charge in [0.05, 0.1) is 19.8 Å². The highest BCUT2D eigenvalue weighted by Crippen LogP contribution is 2.27. The number of hydrogen-bond donors (Lipinski definition) is 1. The van der Waals surface area contributed by atoms with Gasteiger partial charge in [-0.3, -0.25) is 0 Å². The van der Waals surface area contributed by atoms with E-state index in [1.54, 1.807) is 0 Å². The highest BCUT2D eigenvalue weighted by Gasteiger charge is 2.29. The van der Waals surface area contributed by atoms with Crippen LogP contribution in [0.15, 0.2) is 0 Å². The minimum Gasteiger partial charge on any atom is -0.379 e. The van der Waals surface area contributed by atoms with Gasteiger partial charge in [0.2, 0.25) is 0 Å². The summed E-state index contributed by atoms with van der Waals surface area (Å²) in [6.07, 6.45) is 4.74. The molecule has 0 aliphatic heterocycles. The molecule has 3 nitrogen and oxygen atoms in total. The Labute approximate surface area is 80.6 Å². The van der Waals surface area contributed by atoms with Crippen molar-refractivity contribution in [2.45, 2.75) is 38.1 Å². The van der Waals surface area contributed by atoms with Crippen LogP contribution in [0.4, 0.5) is 0 Å². The molecular formula is C10H21NO2. The molecule has 0 heterocycles. The molecule has 0 amide bonds. The Morgan fingerprint density at radius 2 is 1.77 bits per heavy atom. The Morgan fingerprint density at radius 1 is 1.15 bits per heavy atom. The zero-order chi connectivity index (χ0) is 9.57. The van der Waals surface area contributed by atoms with Crippen molar-refractivity contribution >= 4 is 0 Å². The molecule has 3 heteroatoms. The summed E-state index contributed by atoms with van der Waals surface area (Å²) >= 11 is 0. The van der Waals surface area contributed by atoms with Crippen LogP contribution in [0.25, 0.3) is 0 Å². The third-order valence-electron chi connectivity index (χ3n) is 2.56. The van der Waals surface area contributed by atoms with E-state index < -0.39 is 0 Å². The van der Waals surface area contributed by atoms with Crippen LogP contribution in [0.5, 0.6) is 0 Å². The summed E-state index contributed by atoms with van der Waals surface area (Å²) in [6, 6.07) is 0. The average Bonchev–Trinajstić information content (AvgIpc) is 2.53. The third kappa shape index (κ3) is 4.07. The molecule has 13 heavy (non-hydrogen) atoms. The summed E-state index contributed by atoms with van der Waals surface area (Å²) in [5, 5.41) is 0. The van der Waals surface area contributed by atoms with Crippen molar-refractivity contribution in [3.8, 4) is 0 Å². The predicted octanol–water partition coefficient (Wildman–Crippen LogP) is 1.31. The summed E-state index contributed by atoms with van der Waals surface area (Å²) in [5.41, 5.74) is 6.07. The van der Waals surface area contributed by atoms with Crippen LogP contribution in [-0.2, 0) is 9.47 Å². The van der Waals surface area contributed by atoms with Crippen molar-refractivity contribution in [2.24, 2.45) is 5.73 Å². The van der Waals surface area contributed by atoms with Crippen molar-refractivity contribution in [2.75, 3.05) is 26.4 Å². The standard InChI is InChI=1S/C10H21NO2/c1-2-12-7-8-13-9-10(11)5-3-4-6-10/h2-9,11H2,1H3. The predicted molar refractivity (Wildman–Crippen MR) is 52.7 cm³/mol. The molecule has 1 aliphatic carbocycles. The van der Waals surface area contributed by atoms with Crippen molar-refractivity contribution in [3.63, 3.8) is 0 Å². The Morgan fingerprint density at radius 3 is 2.38 bits per heavy atom. The fourth-order valence-electron chi connectivity index (χ4n) is 1.76. The van der Waals surface area contributed by atoms with E-state index in [4.69, 9.17) is 15.2 Å². The summed E-state index contributed by atoms with van der Waals surface area (Å²) < 4.78 is 10.6. The monoisotopic (exact) mass is 187 g/mol. The molecule has 0 spiro atoms. The van der Waals surface area contributed by atoms with Crippen molar-refractivity contribution in [1.82, 2.24) is 0 Å². The van der Waals surface area contributed by atoms with Gasteiger partial charge in [-0.15, -0.1) is 0 Å². The SMILES string of the molecule is CCOCCOCC1(N)CCCC1. The summed E-state index contributed by atoms with van der Waals surface area (Å²) in [4.78, 5) is 0. The van der Waals surface area contributed by atoms with E-state index in [0.29, 0.717) is 19.8 Å². The third-order valence-corrected chi connectivity index (χ3v) is 2.56. The minimum atomic E-state index is -0.0355. The molecule has 0 aromatic carbocycles. The Bertz CT molecular complexity index is 133. The first-order valence-corrected chi connectivity index (χ1v) is 5.21. The van der Waals surface area contributed by atoms with Gasteiger partial charge < -0.3 is 15.2 Å². The van der Waals surface area contributed by atoms with Crippen LogP contribution >= 0.6 is 0 Å². The summed E-state index contributed by atoms with van der Waals surface area (Å²) in [5.74, 6) is 0. The van der Waals surface area contributed by atoms with Gasteiger partial charge in [-0.25, -0.2) is 0 Å². The maximum atomic E-state index is 6.11. The van der Waals surface area contributed by atoms with Gasteiger partial charge in [0.1, 0.15) is 0 Å². The number of nitrogens with two attached hydrogens (primary N) is 1. The highest BCUT2D eigenvalue weighted by atomic mass is 16.5. The number of rotatable bonds is 6. The Kier molecular flexibility index (Phi) is 4.70. The normalized spacial score (nSPS) is 20.8. The van der Waals surface area contributed by atoms with Crippen LogP contribution in [0.1, 0.15) is 32.6 Å². The number of hydrogen-bond acceptors (Lipinski definition) is 3. The van der Waals surface area contributed by atoms with E-state index in [0.717, 1.165) is 19.4 Å². The molecule has 0 aromatic heterocycles. The van der Waals surface area contributed by atoms with Gasteiger partial charge in [-0.05, 0) is 19.8 Å². The fourth-order valence-corrected chi connectivity index (χ4v) is 1.76. The van der Waals surface area contributed by atoms with Crippen LogP contribution in [-0.4, -0.2) is 32.0 Å². The van der Waals surface area contributed by atoms with Gasteiger partial charge in [-0.2, -0.15) is 0 Å². The van der Waals surface area contributed by atoms with Crippen LogP contribution in [0.2, 0.25) is 0 Å². The lowest BCUT2D eigenvalue weighted by Crippen LogP contribution is -2.41. The number of ether oxygens (including phenoxy) is 2. The first-order valence-electron chi connectivity index (χ1n) is 5.21. The van der Waals surface area contributed by atoms with Crippen molar-refractivity contribution in [3.05, 3.63) is 0 Å². The zero-order valence-electron chi connectivity index (χ0n) is 8.55. The molecule has 1 rings (SSSR count). The summed E-state index contributed by atoms with van der Waals surface area (Å²) in [6.45, 7) is 4.80. The van der Waals surface area contributed by atoms with Crippen molar-refractivity contribution in [1.29, 1.82) is 0 Å². The van der Waals surface area contributed by atoms with Crippen LogP contribution < -0.4 is 5.73 Å². The van der Waals surface area contributed by atoms with E-state index in [9.17, 15) is 0 Å². The smallest absolute Gasteiger partial charge is 0.0701 e. The molecule has 1 saturated carbocycles. The van der Waals surface area contributed by atoms with E-state index >= 15 is 0 Å². The van der Waals surface area contributed by atoms with E-state index in [2.05, 4.69) is 0 Å². The lowest BCUT2D eigenvalue weighted by molar-refractivity contribution is 0.0316. The van der Waals surface area contributed by atoms with Crippen LogP contribution in [0.3, 0.4) is 0 Å². The van der Waals surface area contributed by atoms with Crippen molar-refractivity contribution < 1.29 is 9.47 Å². The highest BCUT2D eigenvalue weighted by molar-refractivity contribution is 4.88. The van der Waals surface area contributed by atoms with E-state index in [-0.39, 0.29) is 5.54 Å². The van der Waals surface area contributed by atoms with Crippen LogP contribution in [0, 0.1) is 0 Å². The first-order chi connectivity index (χ1) is 6.27. The first kappa shape index (κ1) is 11.0. The van der Waals surface area contributed by atoms with E-state index in [1.165, 1.54) is 12.8 Å². The largest absolute Gasteiger partial charge is 0.379 e. The Hall–Kier alpha value is -0.120. The van der Waals surface area contributed by atoms with Gasteiger partial charge >= 0.3 is 0 Å². The van der Waals surface area contributed by atoms with Gasteiger partial charge in [0.15, 0.2) is 0 Å². The molecular weight excluding hydrogens is 166 g/mol. The molecule has 0 atom stereocenters. The molecule has 0 unspecified atom stereocenters. The average molecular weight is 187 g/mol. The second-order valence-corrected chi connectivity index (χ2v) is 3.82.